The highest BCUT2D eigenvalue weighted by atomic mass is 32.2. The molecule has 0 spiro atoms. The summed E-state index contributed by atoms with van der Waals surface area (Å²) in [4.78, 5) is 2.56. The second-order valence-corrected chi connectivity index (χ2v) is 7.60. The minimum atomic E-state index is -3.70. The molecule has 0 fully saturated rings. The van der Waals surface area contributed by atoms with Gasteiger partial charge in [0.05, 0.1) is 17.7 Å². The maximum absolute atomic E-state index is 12.5. The first kappa shape index (κ1) is 19.0. The zero-order chi connectivity index (χ0) is 18.4. The van der Waals surface area contributed by atoms with E-state index in [-0.39, 0.29) is 4.90 Å². The average molecular weight is 360 g/mol. The van der Waals surface area contributed by atoms with Crippen molar-refractivity contribution in [3.8, 4) is 5.75 Å². The van der Waals surface area contributed by atoms with Gasteiger partial charge in [0.1, 0.15) is 5.75 Å². The predicted molar refractivity (Wildman–Crippen MR) is 101 cm³/mol. The van der Waals surface area contributed by atoms with Crippen LogP contribution in [0, 0.1) is 20.8 Å². The Labute approximate surface area is 149 Å². The van der Waals surface area contributed by atoms with E-state index in [0.29, 0.717) is 17.7 Å². The number of aryl methyl sites for hydroxylation is 3. The third-order valence-electron chi connectivity index (χ3n) is 3.61. The fraction of sp³-hybridized carbons (Fsp3) is 0.316. The number of rotatable bonds is 7. The molecule has 0 amide bonds. The Bertz CT molecular complexity index is 834. The van der Waals surface area contributed by atoms with Crippen LogP contribution in [0.15, 0.2) is 46.4 Å². The number of nitrogens with one attached hydrogen (secondary N) is 1. The fourth-order valence-electron chi connectivity index (χ4n) is 2.68. The summed E-state index contributed by atoms with van der Waals surface area (Å²) in [6.07, 6.45) is 2.42. The zero-order valence-electron chi connectivity index (χ0n) is 15.0. The number of hydrogen-bond donors (Lipinski definition) is 1. The highest BCUT2D eigenvalue weighted by Gasteiger charge is 2.18. The molecular formula is C19H24N2O3S. The minimum absolute atomic E-state index is 0.276. The summed E-state index contributed by atoms with van der Waals surface area (Å²) in [5.41, 5.74) is 3.22. The Morgan fingerprint density at radius 1 is 1.08 bits per heavy atom. The smallest absolute Gasteiger partial charge is 0.277 e. The Morgan fingerprint density at radius 3 is 2.24 bits per heavy atom. The van der Waals surface area contributed by atoms with Crippen molar-refractivity contribution in [2.45, 2.75) is 39.0 Å². The summed E-state index contributed by atoms with van der Waals surface area (Å²) in [7, 11) is -3.70. The Balaban J connectivity index is 2.10. The molecule has 0 saturated carbocycles. The first-order chi connectivity index (χ1) is 11.8. The number of hydrogen-bond acceptors (Lipinski definition) is 4. The van der Waals surface area contributed by atoms with Crippen LogP contribution in [-0.4, -0.2) is 21.2 Å². The lowest BCUT2D eigenvalue weighted by Crippen LogP contribution is -2.20. The van der Waals surface area contributed by atoms with Crippen molar-refractivity contribution >= 4 is 16.2 Å². The van der Waals surface area contributed by atoms with Gasteiger partial charge in [0.25, 0.3) is 10.0 Å². The molecule has 2 aromatic rings. The summed E-state index contributed by atoms with van der Waals surface area (Å²) in [6.45, 7) is 8.23. The fourth-order valence-corrected chi connectivity index (χ4v) is 3.92. The van der Waals surface area contributed by atoms with Crippen molar-refractivity contribution in [2.75, 3.05) is 6.61 Å². The Morgan fingerprint density at radius 2 is 1.68 bits per heavy atom. The number of benzene rings is 2. The molecule has 0 aliphatic heterocycles. The Kier molecular flexibility index (Phi) is 6.20. The van der Waals surface area contributed by atoms with Crippen LogP contribution in [0.1, 0.15) is 35.6 Å². The van der Waals surface area contributed by atoms with Gasteiger partial charge in [-0.3, -0.25) is 0 Å². The molecule has 2 rings (SSSR count). The molecule has 0 bridgehead atoms. The maximum Gasteiger partial charge on any atom is 0.277 e. The van der Waals surface area contributed by atoms with Crippen LogP contribution in [0.5, 0.6) is 5.75 Å². The predicted octanol–water partition coefficient (Wildman–Crippen LogP) is 3.71. The summed E-state index contributed by atoms with van der Waals surface area (Å²) < 4.78 is 30.5. The molecule has 0 aromatic heterocycles. The van der Waals surface area contributed by atoms with Crippen molar-refractivity contribution < 1.29 is 13.2 Å². The minimum Gasteiger partial charge on any atom is -0.494 e. The maximum atomic E-state index is 12.5. The first-order valence-electron chi connectivity index (χ1n) is 8.19. The average Bonchev–Trinajstić information content (AvgIpc) is 2.52. The van der Waals surface area contributed by atoms with Gasteiger partial charge in [0, 0.05) is 0 Å². The summed E-state index contributed by atoms with van der Waals surface area (Å²) in [5, 5.41) is 3.88. The van der Waals surface area contributed by atoms with Crippen molar-refractivity contribution in [3.05, 3.63) is 58.7 Å². The molecular weight excluding hydrogens is 336 g/mol. The SMILES string of the molecule is CCCOc1ccc(/C=N/NS(=O)(=O)c2c(C)cc(C)cc2C)cc1. The van der Waals surface area contributed by atoms with E-state index in [4.69, 9.17) is 4.74 Å². The molecule has 0 atom stereocenters. The monoisotopic (exact) mass is 360 g/mol. The van der Waals surface area contributed by atoms with Gasteiger partial charge in [-0.25, -0.2) is 4.83 Å². The summed E-state index contributed by atoms with van der Waals surface area (Å²) in [5.74, 6) is 0.783. The van der Waals surface area contributed by atoms with Gasteiger partial charge in [0.15, 0.2) is 0 Å². The van der Waals surface area contributed by atoms with Gasteiger partial charge in [-0.15, -0.1) is 0 Å². The molecule has 0 radical (unpaired) electrons. The van der Waals surface area contributed by atoms with E-state index in [0.717, 1.165) is 23.3 Å². The van der Waals surface area contributed by atoms with E-state index in [9.17, 15) is 8.42 Å². The summed E-state index contributed by atoms with van der Waals surface area (Å²) in [6, 6.07) is 11.0. The van der Waals surface area contributed by atoms with E-state index in [1.807, 2.05) is 50.2 Å². The second-order valence-electron chi connectivity index (χ2n) is 6.00. The lowest BCUT2D eigenvalue weighted by molar-refractivity contribution is 0.317. The molecule has 0 aliphatic carbocycles. The van der Waals surface area contributed by atoms with Gasteiger partial charge in [0.2, 0.25) is 0 Å². The number of nitrogens with zero attached hydrogens (tertiary/aromatic N) is 1. The largest absolute Gasteiger partial charge is 0.494 e. The molecule has 0 aliphatic rings. The standard InChI is InChI=1S/C19H24N2O3S/c1-5-10-24-18-8-6-17(7-9-18)13-20-21-25(22,23)19-15(3)11-14(2)12-16(19)4/h6-9,11-13,21H,5,10H2,1-4H3/b20-13+. The van der Waals surface area contributed by atoms with Crippen LogP contribution in [0.4, 0.5) is 0 Å². The highest BCUT2D eigenvalue weighted by Crippen LogP contribution is 2.21. The van der Waals surface area contributed by atoms with Gasteiger partial charge < -0.3 is 4.74 Å². The lowest BCUT2D eigenvalue weighted by atomic mass is 10.1. The normalized spacial score (nSPS) is 11.7. The van der Waals surface area contributed by atoms with E-state index in [1.165, 1.54) is 6.21 Å². The molecule has 0 heterocycles. The zero-order valence-corrected chi connectivity index (χ0v) is 15.9. The van der Waals surface area contributed by atoms with Crippen LogP contribution in [0.2, 0.25) is 0 Å². The molecule has 5 nitrogen and oxygen atoms in total. The van der Waals surface area contributed by atoms with E-state index >= 15 is 0 Å². The molecule has 134 valence electrons. The van der Waals surface area contributed by atoms with E-state index in [2.05, 4.69) is 9.93 Å². The first-order valence-corrected chi connectivity index (χ1v) is 9.67. The van der Waals surface area contributed by atoms with Crippen LogP contribution in [0.25, 0.3) is 0 Å². The lowest BCUT2D eigenvalue weighted by Gasteiger charge is -2.11. The number of ether oxygens (including phenoxy) is 1. The van der Waals surface area contributed by atoms with Gasteiger partial charge in [-0.1, -0.05) is 24.6 Å². The topological polar surface area (TPSA) is 67.8 Å². The number of sulfonamides is 1. The molecule has 6 heteroatoms. The third-order valence-corrected chi connectivity index (χ3v) is 5.14. The van der Waals surface area contributed by atoms with Crippen molar-refractivity contribution in [2.24, 2.45) is 5.10 Å². The van der Waals surface area contributed by atoms with Crippen LogP contribution in [-0.2, 0) is 10.0 Å². The van der Waals surface area contributed by atoms with Gasteiger partial charge in [-0.2, -0.15) is 13.5 Å². The van der Waals surface area contributed by atoms with Crippen molar-refractivity contribution in [1.29, 1.82) is 0 Å². The molecule has 0 saturated heterocycles. The highest BCUT2D eigenvalue weighted by molar-refractivity contribution is 7.89. The quantitative estimate of drug-likeness (QED) is 0.604. The molecule has 0 unspecified atom stereocenters. The van der Waals surface area contributed by atoms with Gasteiger partial charge >= 0.3 is 0 Å². The van der Waals surface area contributed by atoms with Crippen molar-refractivity contribution in [1.82, 2.24) is 4.83 Å². The van der Waals surface area contributed by atoms with Gasteiger partial charge in [-0.05, 0) is 68.1 Å². The Hall–Kier alpha value is -2.34. The summed E-state index contributed by atoms with van der Waals surface area (Å²) >= 11 is 0. The van der Waals surface area contributed by atoms with Crippen molar-refractivity contribution in [3.63, 3.8) is 0 Å². The second kappa shape index (κ2) is 8.16. The number of hydrazone groups is 1. The molecule has 2 aromatic carbocycles. The molecule has 25 heavy (non-hydrogen) atoms. The third kappa shape index (κ3) is 5.06. The molecule has 1 N–H and O–H groups in total. The van der Waals surface area contributed by atoms with Crippen LogP contribution in [0.3, 0.4) is 0 Å². The van der Waals surface area contributed by atoms with Crippen LogP contribution >= 0.6 is 0 Å². The van der Waals surface area contributed by atoms with Crippen LogP contribution < -0.4 is 9.57 Å². The van der Waals surface area contributed by atoms with E-state index in [1.54, 1.807) is 13.8 Å². The van der Waals surface area contributed by atoms with E-state index < -0.39 is 10.0 Å².